The fourth-order valence-electron chi connectivity index (χ4n) is 1.80. The molecule has 0 saturated carbocycles. The molecule has 15 heavy (non-hydrogen) atoms. The molecule has 0 amide bonds. The van der Waals surface area contributed by atoms with Crippen molar-refractivity contribution in [3.05, 3.63) is 35.0 Å². The van der Waals surface area contributed by atoms with Crippen molar-refractivity contribution in [1.29, 1.82) is 0 Å². The minimum absolute atomic E-state index is 0. The monoisotopic (exact) mass is 244 g/mol. The van der Waals surface area contributed by atoms with Crippen molar-refractivity contribution in [2.75, 3.05) is 6.54 Å². The summed E-state index contributed by atoms with van der Waals surface area (Å²) in [5, 5.41) is 2.03. The molecule has 0 aliphatic carbocycles. The van der Waals surface area contributed by atoms with E-state index in [1.54, 1.807) is 0 Å². The number of hydrogen-bond acceptors (Lipinski definition) is 1. The van der Waals surface area contributed by atoms with Crippen molar-refractivity contribution in [3.63, 3.8) is 0 Å². The largest absolute Gasteiger partial charge is 0.350 e. The first-order valence-corrected chi connectivity index (χ1v) is 5.03. The van der Waals surface area contributed by atoms with Gasteiger partial charge in [0.1, 0.15) is 0 Å². The first kappa shape index (κ1) is 12.4. The molecule has 4 heteroatoms. The molecule has 1 heterocycles. The molecule has 0 radical (unpaired) electrons. The normalized spacial score (nSPS) is 10.3. The Balaban J connectivity index is 0.00000112. The van der Waals surface area contributed by atoms with Crippen LogP contribution in [0.5, 0.6) is 0 Å². The van der Waals surface area contributed by atoms with Gasteiger partial charge in [0, 0.05) is 29.2 Å². The third-order valence-electron chi connectivity index (χ3n) is 2.45. The van der Waals surface area contributed by atoms with Gasteiger partial charge in [-0.05, 0) is 30.7 Å². The van der Waals surface area contributed by atoms with E-state index in [9.17, 15) is 0 Å². The molecule has 0 aliphatic rings. The van der Waals surface area contributed by atoms with Gasteiger partial charge >= 0.3 is 0 Å². The second-order valence-electron chi connectivity index (χ2n) is 3.47. The molecule has 0 aliphatic heterocycles. The number of benzene rings is 1. The molecular formula is C11H14Cl2N2. The summed E-state index contributed by atoms with van der Waals surface area (Å²) in [6, 6.07) is 5.96. The van der Waals surface area contributed by atoms with Crippen LogP contribution < -0.4 is 5.73 Å². The molecule has 1 aromatic carbocycles. The molecule has 2 N–H and O–H groups in total. The number of rotatable bonds is 2. The number of fused-ring (bicyclic) bond motifs is 1. The van der Waals surface area contributed by atoms with Crippen LogP contribution in [-0.4, -0.2) is 11.1 Å². The standard InChI is InChI=1S/C11H13ClN2.ClH/c1-14-7-8(4-5-13)10-3-2-9(12)6-11(10)14;/h2-3,6-7H,4-5,13H2,1H3;1H. The molecule has 0 bridgehead atoms. The molecular weight excluding hydrogens is 231 g/mol. The molecule has 0 spiro atoms. The van der Waals surface area contributed by atoms with E-state index in [1.807, 2.05) is 19.2 Å². The maximum Gasteiger partial charge on any atom is 0.0495 e. The van der Waals surface area contributed by atoms with Gasteiger partial charge in [0.15, 0.2) is 0 Å². The number of aromatic nitrogens is 1. The Hall–Kier alpha value is -0.700. The van der Waals surface area contributed by atoms with E-state index in [1.165, 1.54) is 16.5 Å². The molecule has 0 atom stereocenters. The minimum atomic E-state index is 0. The number of nitrogens with two attached hydrogens (primary N) is 1. The van der Waals surface area contributed by atoms with Crippen LogP contribution in [-0.2, 0) is 13.5 Å². The first-order chi connectivity index (χ1) is 6.72. The molecule has 1 aromatic heterocycles. The predicted octanol–water partition coefficient (Wildman–Crippen LogP) is 2.75. The highest BCUT2D eigenvalue weighted by Gasteiger charge is 2.05. The van der Waals surface area contributed by atoms with Crippen LogP contribution in [0.4, 0.5) is 0 Å². The fraction of sp³-hybridized carbons (Fsp3) is 0.273. The Labute approximate surface area is 100 Å². The van der Waals surface area contributed by atoms with E-state index in [-0.39, 0.29) is 12.4 Å². The van der Waals surface area contributed by atoms with Gasteiger partial charge < -0.3 is 10.3 Å². The quantitative estimate of drug-likeness (QED) is 0.866. The highest BCUT2D eigenvalue weighted by Crippen LogP contribution is 2.24. The lowest BCUT2D eigenvalue weighted by molar-refractivity contribution is 0.929. The van der Waals surface area contributed by atoms with Crippen molar-refractivity contribution >= 4 is 34.9 Å². The number of nitrogens with zero attached hydrogens (tertiary/aromatic N) is 1. The average molecular weight is 245 g/mol. The summed E-state index contributed by atoms with van der Waals surface area (Å²) in [7, 11) is 2.03. The van der Waals surface area contributed by atoms with Crippen molar-refractivity contribution in [2.24, 2.45) is 12.8 Å². The Morgan fingerprint density at radius 2 is 2.13 bits per heavy atom. The Morgan fingerprint density at radius 3 is 2.80 bits per heavy atom. The summed E-state index contributed by atoms with van der Waals surface area (Å²) < 4.78 is 2.09. The molecule has 0 saturated heterocycles. The zero-order chi connectivity index (χ0) is 10.1. The van der Waals surface area contributed by atoms with Crippen molar-refractivity contribution in [3.8, 4) is 0 Å². The van der Waals surface area contributed by atoms with Gasteiger partial charge in [-0.15, -0.1) is 12.4 Å². The van der Waals surface area contributed by atoms with E-state index >= 15 is 0 Å². The second-order valence-corrected chi connectivity index (χ2v) is 3.90. The fourth-order valence-corrected chi connectivity index (χ4v) is 1.96. The van der Waals surface area contributed by atoms with Gasteiger partial charge in [-0.2, -0.15) is 0 Å². The first-order valence-electron chi connectivity index (χ1n) is 4.66. The summed E-state index contributed by atoms with van der Waals surface area (Å²) in [5.74, 6) is 0. The van der Waals surface area contributed by atoms with Crippen LogP contribution in [0.3, 0.4) is 0 Å². The lowest BCUT2D eigenvalue weighted by atomic mass is 10.1. The molecule has 2 nitrogen and oxygen atoms in total. The van der Waals surface area contributed by atoms with Crippen LogP contribution in [0, 0.1) is 0 Å². The van der Waals surface area contributed by atoms with Crippen molar-refractivity contribution in [1.82, 2.24) is 4.57 Å². The average Bonchev–Trinajstić information content (AvgIpc) is 2.44. The Bertz CT molecular complexity index is 463. The van der Waals surface area contributed by atoms with Gasteiger partial charge in [-0.1, -0.05) is 17.7 Å². The molecule has 0 fully saturated rings. The van der Waals surface area contributed by atoms with E-state index in [2.05, 4.69) is 16.8 Å². The van der Waals surface area contributed by atoms with Crippen molar-refractivity contribution < 1.29 is 0 Å². The summed E-state index contributed by atoms with van der Waals surface area (Å²) >= 11 is 5.94. The number of aryl methyl sites for hydroxylation is 1. The lowest BCUT2D eigenvalue weighted by Crippen LogP contribution is -2.01. The highest BCUT2D eigenvalue weighted by atomic mass is 35.5. The van der Waals surface area contributed by atoms with Crippen LogP contribution in [0.1, 0.15) is 5.56 Å². The van der Waals surface area contributed by atoms with E-state index < -0.39 is 0 Å². The maximum atomic E-state index is 5.94. The second kappa shape index (κ2) is 4.88. The highest BCUT2D eigenvalue weighted by molar-refractivity contribution is 6.31. The number of halogens is 2. The summed E-state index contributed by atoms with van der Waals surface area (Å²) in [4.78, 5) is 0. The summed E-state index contributed by atoms with van der Waals surface area (Å²) in [6.07, 6.45) is 3.03. The van der Waals surface area contributed by atoms with Crippen LogP contribution in [0.25, 0.3) is 10.9 Å². The molecule has 2 aromatic rings. The van der Waals surface area contributed by atoms with Gasteiger partial charge in [0.2, 0.25) is 0 Å². The topological polar surface area (TPSA) is 30.9 Å². The predicted molar refractivity (Wildman–Crippen MR) is 67.9 cm³/mol. The SMILES string of the molecule is Cl.Cn1cc(CCN)c2ccc(Cl)cc21. The third-order valence-corrected chi connectivity index (χ3v) is 2.68. The number of hydrogen-bond donors (Lipinski definition) is 1. The van der Waals surface area contributed by atoms with E-state index in [0.717, 1.165) is 11.4 Å². The van der Waals surface area contributed by atoms with Crippen molar-refractivity contribution in [2.45, 2.75) is 6.42 Å². The zero-order valence-electron chi connectivity index (χ0n) is 8.53. The van der Waals surface area contributed by atoms with Crippen LogP contribution in [0.15, 0.2) is 24.4 Å². The Morgan fingerprint density at radius 1 is 1.40 bits per heavy atom. The van der Waals surface area contributed by atoms with Gasteiger partial charge in [-0.3, -0.25) is 0 Å². The maximum absolute atomic E-state index is 5.94. The van der Waals surface area contributed by atoms with Crippen LogP contribution in [0.2, 0.25) is 5.02 Å². The minimum Gasteiger partial charge on any atom is -0.350 e. The molecule has 0 unspecified atom stereocenters. The van der Waals surface area contributed by atoms with Crippen LogP contribution >= 0.6 is 24.0 Å². The van der Waals surface area contributed by atoms with E-state index in [4.69, 9.17) is 17.3 Å². The Kier molecular flexibility index (Phi) is 4.03. The summed E-state index contributed by atoms with van der Waals surface area (Å²) in [5.41, 5.74) is 8.02. The van der Waals surface area contributed by atoms with Gasteiger partial charge in [0.05, 0.1) is 0 Å². The van der Waals surface area contributed by atoms with Gasteiger partial charge in [0.25, 0.3) is 0 Å². The zero-order valence-corrected chi connectivity index (χ0v) is 10.1. The molecule has 82 valence electrons. The molecule has 2 rings (SSSR count). The summed E-state index contributed by atoms with van der Waals surface area (Å²) in [6.45, 7) is 0.682. The van der Waals surface area contributed by atoms with E-state index in [0.29, 0.717) is 6.54 Å². The third kappa shape index (κ3) is 2.28. The van der Waals surface area contributed by atoms with Gasteiger partial charge in [-0.25, -0.2) is 0 Å². The lowest BCUT2D eigenvalue weighted by Gasteiger charge is -1.96. The smallest absolute Gasteiger partial charge is 0.0495 e.